The van der Waals surface area contributed by atoms with Crippen molar-refractivity contribution >= 4 is 28.9 Å². The monoisotopic (exact) mass is 563 g/mol. The molecule has 2 aromatic rings. The minimum Gasteiger partial charge on any atom is -0.459 e. The van der Waals surface area contributed by atoms with Crippen molar-refractivity contribution in [3.63, 3.8) is 0 Å². The summed E-state index contributed by atoms with van der Waals surface area (Å²) in [6.07, 6.45) is 5.93. The molecule has 0 spiro atoms. The van der Waals surface area contributed by atoms with E-state index in [9.17, 15) is 24.9 Å². The Balaban J connectivity index is 0.000000274. The fourth-order valence-corrected chi connectivity index (χ4v) is 5.26. The number of aliphatic hydroxyl groups is 4. The van der Waals surface area contributed by atoms with Gasteiger partial charge < -0.3 is 30.1 Å². The summed E-state index contributed by atoms with van der Waals surface area (Å²) in [6, 6.07) is 11.4. The summed E-state index contributed by atoms with van der Waals surface area (Å²) in [4.78, 5) is 26.9. The van der Waals surface area contributed by atoms with Crippen molar-refractivity contribution in [3.05, 3.63) is 51.7 Å². The van der Waals surface area contributed by atoms with Gasteiger partial charge in [0.15, 0.2) is 0 Å². The molecule has 9 heteroatoms. The number of carbonyl (C=O) groups is 2. The van der Waals surface area contributed by atoms with E-state index in [-0.39, 0.29) is 31.6 Å². The van der Waals surface area contributed by atoms with Crippen LogP contribution in [0.1, 0.15) is 97.9 Å². The molecule has 3 atom stereocenters. The molecule has 1 aromatic carbocycles. The van der Waals surface area contributed by atoms with E-state index in [0.29, 0.717) is 17.7 Å². The number of unbranched alkanes of at least 4 members (excludes halogenated alkanes) is 2. The normalized spacial score (nSPS) is 15.4. The summed E-state index contributed by atoms with van der Waals surface area (Å²) in [7, 11) is 0. The Morgan fingerprint density at radius 1 is 0.974 bits per heavy atom. The third-order valence-electron chi connectivity index (χ3n) is 6.59. The lowest BCUT2D eigenvalue weighted by molar-refractivity contribution is -0.117. The number of nitrogens with zero attached hydrogens (tertiary/aromatic N) is 1. The number of hydrogen-bond acceptors (Lipinski definition) is 8. The Bertz CT molecular complexity index is 978. The van der Waals surface area contributed by atoms with Crippen LogP contribution in [-0.2, 0) is 16.0 Å². The smallest absolute Gasteiger partial charge is 0.348 e. The van der Waals surface area contributed by atoms with E-state index in [1.165, 1.54) is 17.8 Å². The highest BCUT2D eigenvalue weighted by Crippen LogP contribution is 2.25. The first-order chi connectivity index (χ1) is 18.8. The second-order valence-electron chi connectivity index (χ2n) is 9.87. The van der Waals surface area contributed by atoms with Crippen molar-refractivity contribution in [3.8, 4) is 0 Å². The number of rotatable bonds is 15. The molecule has 1 aromatic heterocycles. The number of esters is 1. The van der Waals surface area contributed by atoms with Crippen molar-refractivity contribution in [2.24, 2.45) is 0 Å². The van der Waals surface area contributed by atoms with Crippen LogP contribution in [0.15, 0.2) is 36.4 Å². The van der Waals surface area contributed by atoms with E-state index in [2.05, 4.69) is 13.8 Å². The molecule has 1 aliphatic rings. The molecule has 1 aliphatic heterocycles. The van der Waals surface area contributed by atoms with Gasteiger partial charge in [0.05, 0.1) is 12.2 Å². The number of aliphatic hydroxyl groups excluding tert-OH is 4. The van der Waals surface area contributed by atoms with Crippen LogP contribution in [0.5, 0.6) is 0 Å². The molecule has 1 saturated heterocycles. The van der Waals surface area contributed by atoms with Crippen LogP contribution >= 0.6 is 11.3 Å². The molecule has 218 valence electrons. The largest absolute Gasteiger partial charge is 0.459 e. The second-order valence-corrected chi connectivity index (χ2v) is 11.0. The van der Waals surface area contributed by atoms with Crippen molar-refractivity contribution in [2.45, 2.75) is 96.4 Å². The van der Waals surface area contributed by atoms with Crippen LogP contribution in [0.25, 0.3) is 0 Å². The quantitative estimate of drug-likeness (QED) is 0.181. The van der Waals surface area contributed by atoms with Gasteiger partial charge in [-0.2, -0.15) is 0 Å². The second kappa shape index (κ2) is 18.1. The van der Waals surface area contributed by atoms with Crippen LogP contribution in [0.2, 0.25) is 0 Å². The maximum Gasteiger partial charge on any atom is 0.348 e. The highest BCUT2D eigenvalue weighted by Gasteiger charge is 2.22. The Labute approximate surface area is 236 Å². The number of ether oxygens (including phenoxy) is 1. The lowest BCUT2D eigenvalue weighted by Gasteiger charge is -2.17. The molecule has 0 bridgehead atoms. The van der Waals surface area contributed by atoms with Gasteiger partial charge in [-0.15, -0.1) is 11.3 Å². The number of benzene rings is 1. The van der Waals surface area contributed by atoms with Gasteiger partial charge in [0.1, 0.15) is 17.6 Å². The Morgan fingerprint density at radius 2 is 1.72 bits per heavy atom. The van der Waals surface area contributed by atoms with Gasteiger partial charge in [0.25, 0.3) is 0 Å². The molecule has 0 saturated carbocycles. The molecule has 0 aliphatic carbocycles. The molecule has 4 N–H and O–H groups in total. The van der Waals surface area contributed by atoms with E-state index in [1.807, 2.05) is 35.2 Å². The summed E-state index contributed by atoms with van der Waals surface area (Å²) in [6.45, 7) is 4.76. The zero-order valence-corrected chi connectivity index (χ0v) is 24.1. The third kappa shape index (κ3) is 11.4. The topological polar surface area (TPSA) is 128 Å². The number of aryl methyl sites for hydroxylation is 1. The van der Waals surface area contributed by atoms with E-state index in [0.717, 1.165) is 61.2 Å². The zero-order chi connectivity index (χ0) is 28.6. The molecule has 2 unspecified atom stereocenters. The summed E-state index contributed by atoms with van der Waals surface area (Å²) in [5, 5.41) is 37.9. The highest BCUT2D eigenvalue weighted by molar-refractivity contribution is 7.13. The van der Waals surface area contributed by atoms with Crippen LogP contribution in [0.3, 0.4) is 0 Å². The summed E-state index contributed by atoms with van der Waals surface area (Å²) in [5.41, 5.74) is 1.90. The number of anilines is 1. The van der Waals surface area contributed by atoms with E-state index >= 15 is 0 Å². The van der Waals surface area contributed by atoms with Crippen LogP contribution < -0.4 is 4.90 Å². The Hall–Kier alpha value is -2.30. The zero-order valence-electron chi connectivity index (χ0n) is 23.3. The number of hydrogen-bond donors (Lipinski definition) is 4. The molecule has 1 fully saturated rings. The standard InChI is InChI=1S/C16H23NO2.C14H22O5S/c1-2-3-4-6-15(18)13-8-10-14(11-9-13)17-12-5-7-16(17)19;1-2-4-10-6-7-13(20-10)14(18)19-9-12(17)11(16)5-3-8-15/h8-11,15,18H,2-7,12H2,1H3;6-7,11-12,15-17H,2-5,8-9H2,1H3/t15-;/m0./s1. The van der Waals surface area contributed by atoms with E-state index in [4.69, 9.17) is 9.84 Å². The first kappa shape index (κ1) is 32.9. The molecule has 2 heterocycles. The van der Waals surface area contributed by atoms with Gasteiger partial charge in [-0.25, -0.2) is 4.79 Å². The molecular formula is C30H45NO7S. The van der Waals surface area contributed by atoms with Gasteiger partial charge in [-0.3, -0.25) is 4.79 Å². The predicted molar refractivity (Wildman–Crippen MR) is 154 cm³/mol. The average molecular weight is 564 g/mol. The fourth-order valence-electron chi connectivity index (χ4n) is 4.26. The Kier molecular flexibility index (Phi) is 15.3. The first-order valence-corrected chi connectivity index (χ1v) is 14.9. The van der Waals surface area contributed by atoms with Crippen molar-refractivity contribution < 1.29 is 34.8 Å². The van der Waals surface area contributed by atoms with Crippen molar-refractivity contribution in [1.82, 2.24) is 0 Å². The van der Waals surface area contributed by atoms with Crippen molar-refractivity contribution in [1.29, 1.82) is 0 Å². The summed E-state index contributed by atoms with van der Waals surface area (Å²) < 4.78 is 4.98. The number of amides is 1. The maximum absolute atomic E-state index is 11.8. The third-order valence-corrected chi connectivity index (χ3v) is 7.72. The molecule has 8 nitrogen and oxygen atoms in total. The van der Waals surface area contributed by atoms with Gasteiger partial charge in [0, 0.05) is 30.1 Å². The molecule has 39 heavy (non-hydrogen) atoms. The van der Waals surface area contributed by atoms with Crippen molar-refractivity contribution in [2.75, 3.05) is 24.7 Å². The average Bonchev–Trinajstić information content (AvgIpc) is 3.60. The number of thiophene rings is 1. The lowest BCUT2D eigenvalue weighted by Crippen LogP contribution is -2.31. The Morgan fingerprint density at radius 3 is 2.33 bits per heavy atom. The summed E-state index contributed by atoms with van der Waals surface area (Å²) in [5.74, 6) is -0.276. The molecular weight excluding hydrogens is 518 g/mol. The highest BCUT2D eigenvalue weighted by atomic mass is 32.1. The minimum atomic E-state index is -1.12. The van der Waals surface area contributed by atoms with Crippen LogP contribution in [0.4, 0.5) is 5.69 Å². The summed E-state index contributed by atoms with van der Waals surface area (Å²) >= 11 is 1.39. The van der Waals surface area contributed by atoms with Gasteiger partial charge in [-0.1, -0.05) is 51.7 Å². The van der Waals surface area contributed by atoms with E-state index < -0.39 is 18.2 Å². The van der Waals surface area contributed by atoms with Crippen LogP contribution in [0, 0.1) is 0 Å². The molecule has 3 rings (SSSR count). The SMILES string of the molecule is CCCCC[C@H](O)c1ccc(N2CCCC2=O)cc1.CCCc1ccc(C(=O)OCC(O)C(O)CCCO)s1. The van der Waals surface area contributed by atoms with Crippen LogP contribution in [-0.4, -0.2) is 64.3 Å². The fraction of sp³-hybridized carbons (Fsp3) is 0.600. The number of carbonyl (C=O) groups excluding carboxylic acids is 2. The minimum absolute atomic E-state index is 0.0427. The molecule has 0 radical (unpaired) electrons. The maximum atomic E-state index is 11.8. The lowest BCUT2D eigenvalue weighted by atomic mass is 10.0. The van der Waals surface area contributed by atoms with E-state index in [1.54, 1.807) is 6.07 Å². The van der Waals surface area contributed by atoms with Gasteiger partial charge in [0.2, 0.25) is 5.91 Å². The predicted octanol–water partition coefficient (Wildman–Crippen LogP) is 4.78. The first-order valence-electron chi connectivity index (χ1n) is 14.1. The molecule has 1 amide bonds. The van der Waals surface area contributed by atoms with Gasteiger partial charge >= 0.3 is 5.97 Å². The van der Waals surface area contributed by atoms with Gasteiger partial charge in [-0.05, 0) is 61.9 Å².